The Morgan fingerprint density at radius 3 is 2.96 bits per heavy atom. The van der Waals surface area contributed by atoms with E-state index in [-0.39, 0.29) is 18.0 Å². The maximum atomic E-state index is 12.8. The standard InChI is InChI=1S/C19H20N4O3/c1-12-10-14-18(19(25)22-9-5-8-16(22)20-14)23(12)11-17(24)21-13-6-3-4-7-15(13)26-2/h3-4,6-7,10H,5,8-9,11H2,1-2H3,(H,21,24). The van der Waals surface area contributed by atoms with Crippen molar-refractivity contribution in [1.29, 1.82) is 0 Å². The molecule has 0 fully saturated rings. The summed E-state index contributed by atoms with van der Waals surface area (Å²) >= 11 is 0. The molecule has 0 unspecified atom stereocenters. The van der Waals surface area contributed by atoms with E-state index < -0.39 is 0 Å². The molecule has 3 heterocycles. The molecule has 0 atom stereocenters. The SMILES string of the molecule is COc1ccccc1NC(=O)Cn1c(C)cc2nc3n(c(=O)c21)CCC3. The van der Waals surface area contributed by atoms with E-state index >= 15 is 0 Å². The maximum Gasteiger partial charge on any atom is 0.278 e. The fourth-order valence-corrected chi connectivity index (χ4v) is 3.52. The van der Waals surface area contributed by atoms with Gasteiger partial charge in [-0.1, -0.05) is 12.1 Å². The number of nitrogens with one attached hydrogen (secondary N) is 1. The average Bonchev–Trinajstić information content (AvgIpc) is 3.21. The molecule has 134 valence electrons. The summed E-state index contributed by atoms with van der Waals surface area (Å²) in [6.45, 7) is 2.62. The van der Waals surface area contributed by atoms with Crippen LogP contribution in [-0.4, -0.2) is 27.1 Å². The van der Waals surface area contributed by atoms with Gasteiger partial charge in [0.1, 0.15) is 23.6 Å². The maximum absolute atomic E-state index is 12.8. The minimum Gasteiger partial charge on any atom is -0.495 e. The van der Waals surface area contributed by atoms with E-state index in [4.69, 9.17) is 4.74 Å². The predicted molar refractivity (Wildman–Crippen MR) is 98.7 cm³/mol. The van der Waals surface area contributed by atoms with Crippen LogP contribution in [0.3, 0.4) is 0 Å². The first-order chi connectivity index (χ1) is 12.6. The molecule has 7 nitrogen and oxygen atoms in total. The van der Waals surface area contributed by atoms with Gasteiger partial charge in [0.05, 0.1) is 18.3 Å². The van der Waals surface area contributed by atoms with E-state index in [1.54, 1.807) is 28.4 Å². The molecule has 2 aromatic heterocycles. The largest absolute Gasteiger partial charge is 0.495 e. The van der Waals surface area contributed by atoms with Gasteiger partial charge in [-0.3, -0.25) is 14.2 Å². The van der Waals surface area contributed by atoms with Crippen molar-refractivity contribution in [3.8, 4) is 5.75 Å². The van der Waals surface area contributed by atoms with Crippen LogP contribution < -0.4 is 15.6 Å². The lowest BCUT2D eigenvalue weighted by molar-refractivity contribution is -0.116. The summed E-state index contributed by atoms with van der Waals surface area (Å²) in [4.78, 5) is 30.0. The van der Waals surface area contributed by atoms with Gasteiger partial charge < -0.3 is 14.6 Å². The summed E-state index contributed by atoms with van der Waals surface area (Å²) in [6, 6.07) is 9.10. The first kappa shape index (κ1) is 16.4. The minimum absolute atomic E-state index is 0.0453. The van der Waals surface area contributed by atoms with Crippen molar-refractivity contribution in [3.63, 3.8) is 0 Å². The Morgan fingerprint density at radius 2 is 2.15 bits per heavy atom. The zero-order valence-electron chi connectivity index (χ0n) is 14.8. The molecule has 26 heavy (non-hydrogen) atoms. The molecule has 0 aliphatic carbocycles. The topological polar surface area (TPSA) is 78.2 Å². The summed E-state index contributed by atoms with van der Waals surface area (Å²) < 4.78 is 8.72. The molecule has 0 saturated heterocycles. The minimum atomic E-state index is -0.222. The highest BCUT2D eigenvalue weighted by molar-refractivity contribution is 5.93. The van der Waals surface area contributed by atoms with Gasteiger partial charge >= 0.3 is 0 Å². The summed E-state index contributed by atoms with van der Waals surface area (Å²) in [5, 5.41) is 2.85. The number of para-hydroxylation sites is 2. The quantitative estimate of drug-likeness (QED) is 0.780. The van der Waals surface area contributed by atoms with Gasteiger partial charge in [-0.15, -0.1) is 0 Å². The third-order valence-electron chi connectivity index (χ3n) is 4.76. The van der Waals surface area contributed by atoms with Gasteiger partial charge in [0.25, 0.3) is 5.56 Å². The number of fused-ring (bicyclic) bond motifs is 2. The lowest BCUT2D eigenvalue weighted by atomic mass is 10.3. The molecule has 1 aliphatic rings. The summed E-state index contributed by atoms with van der Waals surface area (Å²) in [7, 11) is 1.56. The van der Waals surface area contributed by atoms with Crippen LogP contribution in [0.25, 0.3) is 11.0 Å². The van der Waals surface area contributed by atoms with E-state index in [9.17, 15) is 9.59 Å². The number of anilines is 1. The molecular formula is C19H20N4O3. The molecule has 0 spiro atoms. The number of benzene rings is 1. The second kappa shape index (κ2) is 6.33. The highest BCUT2D eigenvalue weighted by Gasteiger charge is 2.21. The monoisotopic (exact) mass is 352 g/mol. The number of aromatic nitrogens is 3. The predicted octanol–water partition coefficient (Wildman–Crippen LogP) is 2.10. The van der Waals surface area contributed by atoms with E-state index in [2.05, 4.69) is 10.3 Å². The van der Waals surface area contributed by atoms with Crippen molar-refractivity contribution in [3.05, 3.63) is 52.2 Å². The van der Waals surface area contributed by atoms with Crippen LogP contribution >= 0.6 is 0 Å². The van der Waals surface area contributed by atoms with Crippen LogP contribution in [0, 0.1) is 6.92 Å². The number of hydrogen-bond donors (Lipinski definition) is 1. The van der Waals surface area contributed by atoms with Crippen molar-refractivity contribution in [2.24, 2.45) is 0 Å². The van der Waals surface area contributed by atoms with Crippen molar-refractivity contribution < 1.29 is 9.53 Å². The van der Waals surface area contributed by atoms with Crippen LogP contribution in [0.1, 0.15) is 17.9 Å². The third-order valence-corrected chi connectivity index (χ3v) is 4.76. The molecule has 1 N–H and O–H groups in total. The highest BCUT2D eigenvalue weighted by Crippen LogP contribution is 2.23. The number of aryl methyl sites for hydroxylation is 2. The Balaban J connectivity index is 1.68. The van der Waals surface area contributed by atoms with Crippen molar-refractivity contribution in [2.45, 2.75) is 32.9 Å². The first-order valence-electron chi connectivity index (χ1n) is 8.61. The van der Waals surface area contributed by atoms with Gasteiger partial charge in [-0.05, 0) is 31.5 Å². The van der Waals surface area contributed by atoms with E-state index in [0.717, 1.165) is 24.4 Å². The molecule has 7 heteroatoms. The number of methoxy groups -OCH3 is 1. The van der Waals surface area contributed by atoms with Gasteiger partial charge in [0.15, 0.2) is 0 Å². The van der Waals surface area contributed by atoms with Crippen molar-refractivity contribution >= 4 is 22.6 Å². The molecule has 1 aromatic carbocycles. The van der Waals surface area contributed by atoms with Crippen LogP contribution in [0.5, 0.6) is 5.75 Å². The van der Waals surface area contributed by atoms with E-state index in [1.807, 2.05) is 25.1 Å². The zero-order chi connectivity index (χ0) is 18.3. The molecule has 1 aliphatic heterocycles. The van der Waals surface area contributed by atoms with E-state index in [1.165, 1.54) is 0 Å². The normalized spacial score (nSPS) is 13.0. The summed E-state index contributed by atoms with van der Waals surface area (Å²) in [5.41, 5.74) is 2.52. The van der Waals surface area contributed by atoms with Crippen molar-refractivity contribution in [2.75, 3.05) is 12.4 Å². The number of hydrogen-bond acceptors (Lipinski definition) is 4. The van der Waals surface area contributed by atoms with Gasteiger partial charge in [-0.2, -0.15) is 0 Å². The molecule has 4 rings (SSSR count). The van der Waals surface area contributed by atoms with Gasteiger partial charge in [0, 0.05) is 18.7 Å². The third kappa shape index (κ3) is 2.65. The molecule has 3 aromatic rings. The smallest absolute Gasteiger partial charge is 0.278 e. The highest BCUT2D eigenvalue weighted by atomic mass is 16.5. The second-order valence-electron chi connectivity index (χ2n) is 6.44. The van der Waals surface area contributed by atoms with Crippen molar-refractivity contribution in [1.82, 2.24) is 14.1 Å². The van der Waals surface area contributed by atoms with Gasteiger partial charge in [0.2, 0.25) is 5.91 Å². The molecule has 1 amide bonds. The summed E-state index contributed by atoms with van der Waals surface area (Å²) in [5.74, 6) is 1.20. The van der Waals surface area contributed by atoms with Gasteiger partial charge in [-0.25, -0.2) is 4.98 Å². The van der Waals surface area contributed by atoms with Crippen LogP contribution in [0.2, 0.25) is 0 Å². The second-order valence-corrected chi connectivity index (χ2v) is 6.44. The number of carbonyl (C=O) groups excluding carboxylic acids is 1. The average molecular weight is 352 g/mol. The molecule has 0 radical (unpaired) electrons. The fraction of sp³-hybridized carbons (Fsp3) is 0.316. The van der Waals surface area contributed by atoms with E-state index in [0.29, 0.717) is 29.0 Å². The Morgan fingerprint density at radius 1 is 1.35 bits per heavy atom. The first-order valence-corrected chi connectivity index (χ1v) is 8.61. The Kier molecular flexibility index (Phi) is 3.99. The lowest BCUT2D eigenvalue weighted by Crippen LogP contribution is -2.26. The Bertz CT molecular complexity index is 1060. The number of nitrogens with zero attached hydrogens (tertiary/aromatic N) is 3. The molecular weight excluding hydrogens is 332 g/mol. The molecule has 0 bridgehead atoms. The van der Waals surface area contributed by atoms with Crippen LogP contribution in [0.4, 0.5) is 5.69 Å². The number of amides is 1. The number of ether oxygens (including phenoxy) is 1. The Labute approximate surface area is 150 Å². The lowest BCUT2D eigenvalue weighted by Gasteiger charge is -2.12. The zero-order valence-corrected chi connectivity index (χ0v) is 14.8. The fourth-order valence-electron chi connectivity index (χ4n) is 3.52. The van der Waals surface area contributed by atoms with Crippen LogP contribution in [0.15, 0.2) is 35.1 Å². The number of rotatable bonds is 4. The molecule has 0 saturated carbocycles. The Hall–Kier alpha value is -3.09. The van der Waals surface area contributed by atoms with Crippen LogP contribution in [-0.2, 0) is 24.3 Å². The number of carbonyl (C=O) groups is 1. The summed E-state index contributed by atoms with van der Waals surface area (Å²) in [6.07, 6.45) is 1.76.